The number of fused-ring (bicyclic) bond motifs is 1. The third-order valence-electron chi connectivity index (χ3n) is 3.92. The van der Waals surface area contributed by atoms with Crippen LogP contribution in [0.15, 0.2) is 0 Å². The van der Waals surface area contributed by atoms with Gasteiger partial charge in [0.2, 0.25) is 0 Å². The summed E-state index contributed by atoms with van der Waals surface area (Å²) in [5.74, 6) is 0.911. The van der Waals surface area contributed by atoms with Gasteiger partial charge in [-0.05, 0) is 57.7 Å². The first-order valence-corrected chi connectivity index (χ1v) is 7.16. The fourth-order valence-electron chi connectivity index (χ4n) is 3.21. The SMILES string of the molecule is CC(C)NC(=S)N1CCC[C@H]2CCCC[C@H]21. The predicted molar refractivity (Wildman–Crippen MR) is 72.6 cm³/mol. The minimum Gasteiger partial charge on any atom is -0.360 e. The number of rotatable bonds is 1. The lowest BCUT2D eigenvalue weighted by Gasteiger charge is -2.45. The van der Waals surface area contributed by atoms with E-state index in [0.717, 1.165) is 17.1 Å². The van der Waals surface area contributed by atoms with Crippen LogP contribution in [0.25, 0.3) is 0 Å². The van der Waals surface area contributed by atoms with Crippen LogP contribution in [0.1, 0.15) is 52.4 Å². The first-order valence-electron chi connectivity index (χ1n) is 6.75. The zero-order valence-corrected chi connectivity index (χ0v) is 11.4. The van der Waals surface area contributed by atoms with Gasteiger partial charge < -0.3 is 10.2 Å². The van der Waals surface area contributed by atoms with Crippen LogP contribution >= 0.6 is 12.2 Å². The van der Waals surface area contributed by atoms with Crippen LogP contribution in [0.4, 0.5) is 0 Å². The Hall–Kier alpha value is -0.310. The van der Waals surface area contributed by atoms with E-state index in [1.165, 1.54) is 45.1 Å². The Kier molecular flexibility index (Phi) is 4.06. The summed E-state index contributed by atoms with van der Waals surface area (Å²) in [7, 11) is 0. The molecule has 2 rings (SSSR count). The third-order valence-corrected chi connectivity index (χ3v) is 4.27. The number of nitrogens with zero attached hydrogens (tertiary/aromatic N) is 1. The highest BCUT2D eigenvalue weighted by Gasteiger charge is 2.34. The molecule has 2 atom stereocenters. The van der Waals surface area contributed by atoms with Crippen molar-refractivity contribution >= 4 is 17.3 Å². The maximum atomic E-state index is 5.53. The molecular weight excluding hydrogens is 216 g/mol. The minimum absolute atomic E-state index is 0.455. The van der Waals surface area contributed by atoms with Crippen LogP contribution in [0, 0.1) is 5.92 Å². The molecule has 2 aliphatic rings. The maximum Gasteiger partial charge on any atom is 0.169 e. The number of hydrogen-bond acceptors (Lipinski definition) is 1. The largest absolute Gasteiger partial charge is 0.360 e. The number of piperidine rings is 1. The Morgan fingerprint density at radius 3 is 2.62 bits per heavy atom. The van der Waals surface area contributed by atoms with Crippen molar-refractivity contribution in [1.29, 1.82) is 0 Å². The average molecular weight is 240 g/mol. The average Bonchev–Trinajstić information content (AvgIpc) is 2.27. The smallest absolute Gasteiger partial charge is 0.169 e. The Bertz CT molecular complexity index is 250. The molecule has 0 spiro atoms. The van der Waals surface area contributed by atoms with Crippen molar-refractivity contribution in [2.75, 3.05) is 6.54 Å². The van der Waals surface area contributed by atoms with Gasteiger partial charge in [0.25, 0.3) is 0 Å². The zero-order valence-electron chi connectivity index (χ0n) is 10.5. The molecule has 2 fully saturated rings. The van der Waals surface area contributed by atoms with Crippen LogP contribution in [0.5, 0.6) is 0 Å². The molecule has 0 unspecified atom stereocenters. The van der Waals surface area contributed by atoms with E-state index in [4.69, 9.17) is 12.2 Å². The minimum atomic E-state index is 0.455. The van der Waals surface area contributed by atoms with Crippen LogP contribution < -0.4 is 5.32 Å². The molecule has 0 bridgehead atoms. The molecule has 1 saturated carbocycles. The van der Waals surface area contributed by atoms with Crippen molar-refractivity contribution in [3.05, 3.63) is 0 Å². The summed E-state index contributed by atoms with van der Waals surface area (Å²) in [6, 6.07) is 1.19. The lowest BCUT2D eigenvalue weighted by Crippen LogP contribution is -2.54. The lowest BCUT2D eigenvalue weighted by atomic mass is 9.78. The monoisotopic (exact) mass is 240 g/mol. The topological polar surface area (TPSA) is 15.3 Å². The molecule has 1 saturated heterocycles. The first-order chi connectivity index (χ1) is 7.68. The van der Waals surface area contributed by atoms with Crippen LogP contribution in [0.3, 0.4) is 0 Å². The summed E-state index contributed by atoms with van der Waals surface area (Å²) in [6.45, 7) is 5.49. The second-order valence-electron chi connectivity index (χ2n) is 5.55. The van der Waals surface area contributed by atoms with Gasteiger partial charge in [-0.25, -0.2) is 0 Å². The first kappa shape index (κ1) is 12.2. The Morgan fingerprint density at radius 2 is 1.88 bits per heavy atom. The Balaban J connectivity index is 1.99. The van der Waals surface area contributed by atoms with E-state index < -0.39 is 0 Å². The van der Waals surface area contributed by atoms with Crippen molar-refractivity contribution in [2.45, 2.75) is 64.5 Å². The van der Waals surface area contributed by atoms with Crippen molar-refractivity contribution in [3.8, 4) is 0 Å². The Labute approximate surface area is 105 Å². The van der Waals surface area contributed by atoms with Crippen LogP contribution in [0.2, 0.25) is 0 Å². The van der Waals surface area contributed by atoms with Gasteiger partial charge in [-0.1, -0.05) is 12.8 Å². The van der Waals surface area contributed by atoms with Crippen LogP contribution in [-0.4, -0.2) is 28.6 Å². The van der Waals surface area contributed by atoms with E-state index >= 15 is 0 Å². The van der Waals surface area contributed by atoms with E-state index in [-0.39, 0.29) is 0 Å². The highest BCUT2D eigenvalue weighted by molar-refractivity contribution is 7.80. The van der Waals surface area contributed by atoms with Gasteiger partial charge in [-0.3, -0.25) is 0 Å². The second kappa shape index (κ2) is 5.35. The summed E-state index contributed by atoms with van der Waals surface area (Å²) in [4.78, 5) is 2.47. The molecular formula is C13H24N2S. The molecule has 0 amide bonds. The molecule has 0 aromatic carbocycles. The molecule has 2 nitrogen and oxygen atoms in total. The van der Waals surface area contributed by atoms with E-state index in [2.05, 4.69) is 24.1 Å². The molecule has 1 aliphatic heterocycles. The molecule has 3 heteroatoms. The summed E-state index contributed by atoms with van der Waals surface area (Å²) in [5, 5.41) is 4.40. The number of likely N-dealkylation sites (tertiary alicyclic amines) is 1. The van der Waals surface area contributed by atoms with Crippen molar-refractivity contribution in [2.24, 2.45) is 5.92 Å². The van der Waals surface area contributed by atoms with Gasteiger partial charge in [0.1, 0.15) is 0 Å². The summed E-state index contributed by atoms with van der Waals surface area (Å²) < 4.78 is 0. The Morgan fingerprint density at radius 1 is 1.19 bits per heavy atom. The van der Waals surface area contributed by atoms with E-state index in [0.29, 0.717) is 6.04 Å². The maximum absolute atomic E-state index is 5.53. The number of nitrogens with one attached hydrogen (secondary N) is 1. The summed E-state index contributed by atoms with van der Waals surface area (Å²) >= 11 is 5.53. The zero-order chi connectivity index (χ0) is 11.5. The van der Waals surface area contributed by atoms with Gasteiger partial charge in [0.15, 0.2) is 5.11 Å². The molecule has 0 aromatic rings. The van der Waals surface area contributed by atoms with Gasteiger partial charge in [-0.15, -0.1) is 0 Å². The second-order valence-corrected chi connectivity index (χ2v) is 5.94. The molecule has 0 radical (unpaired) electrons. The number of thiocarbonyl (C=S) groups is 1. The van der Waals surface area contributed by atoms with Gasteiger partial charge >= 0.3 is 0 Å². The third kappa shape index (κ3) is 2.68. The van der Waals surface area contributed by atoms with Crippen molar-refractivity contribution < 1.29 is 0 Å². The fraction of sp³-hybridized carbons (Fsp3) is 0.923. The molecule has 1 heterocycles. The normalized spacial score (nSPS) is 30.1. The van der Waals surface area contributed by atoms with Crippen LogP contribution in [-0.2, 0) is 0 Å². The molecule has 1 N–H and O–H groups in total. The van der Waals surface area contributed by atoms with Crippen molar-refractivity contribution in [3.63, 3.8) is 0 Å². The molecule has 92 valence electrons. The highest BCUT2D eigenvalue weighted by Crippen LogP contribution is 2.35. The highest BCUT2D eigenvalue weighted by atomic mass is 32.1. The molecule has 16 heavy (non-hydrogen) atoms. The van der Waals surface area contributed by atoms with E-state index in [1.807, 2.05) is 0 Å². The molecule has 1 aliphatic carbocycles. The van der Waals surface area contributed by atoms with Crippen molar-refractivity contribution in [1.82, 2.24) is 10.2 Å². The number of hydrogen-bond donors (Lipinski definition) is 1. The van der Waals surface area contributed by atoms with Gasteiger partial charge in [-0.2, -0.15) is 0 Å². The summed E-state index contributed by atoms with van der Waals surface area (Å²) in [6.07, 6.45) is 8.34. The standard InChI is InChI=1S/C13H24N2S/c1-10(2)14-13(16)15-9-5-7-11-6-3-4-8-12(11)15/h10-12H,3-9H2,1-2H3,(H,14,16)/t11-,12-/m1/s1. The van der Waals surface area contributed by atoms with Gasteiger partial charge in [0, 0.05) is 18.6 Å². The van der Waals surface area contributed by atoms with E-state index in [1.54, 1.807) is 0 Å². The lowest BCUT2D eigenvalue weighted by molar-refractivity contribution is 0.118. The summed E-state index contributed by atoms with van der Waals surface area (Å²) in [5.41, 5.74) is 0. The molecule has 0 aromatic heterocycles. The van der Waals surface area contributed by atoms with E-state index in [9.17, 15) is 0 Å². The fourth-order valence-corrected chi connectivity index (χ4v) is 3.67. The quantitative estimate of drug-likeness (QED) is 0.710. The van der Waals surface area contributed by atoms with Gasteiger partial charge in [0.05, 0.1) is 0 Å². The predicted octanol–water partition coefficient (Wildman–Crippen LogP) is 2.92.